The molecule has 0 saturated heterocycles. The smallest absolute Gasteiger partial charge is 0.144 e. The van der Waals surface area contributed by atoms with Gasteiger partial charge in [-0.15, -0.1) is 11.6 Å². The van der Waals surface area contributed by atoms with Gasteiger partial charge in [-0.25, -0.2) is 4.98 Å². The van der Waals surface area contributed by atoms with Crippen molar-refractivity contribution in [3.63, 3.8) is 0 Å². The van der Waals surface area contributed by atoms with E-state index in [0.717, 1.165) is 23.8 Å². The number of aryl methyl sites for hydroxylation is 2. The molecule has 1 aromatic rings. The molecule has 1 N–H and O–H groups in total. The van der Waals surface area contributed by atoms with Crippen LogP contribution in [0.25, 0.3) is 0 Å². The first-order valence-corrected chi connectivity index (χ1v) is 4.37. The molecule has 1 heterocycles. The van der Waals surface area contributed by atoms with E-state index >= 15 is 0 Å². The number of nitrogens with one attached hydrogen (secondary N) is 1. The van der Waals surface area contributed by atoms with Crippen LogP contribution in [0.4, 0.5) is 5.82 Å². The normalized spacial score (nSPS) is 9.92. The summed E-state index contributed by atoms with van der Waals surface area (Å²) in [5.74, 6) is 1.37. The molecule has 0 fully saturated rings. The van der Waals surface area contributed by atoms with Gasteiger partial charge >= 0.3 is 0 Å². The lowest BCUT2D eigenvalue weighted by Crippen LogP contribution is -2.06. The van der Waals surface area contributed by atoms with Crippen LogP contribution in [-0.2, 0) is 0 Å². The second-order valence-corrected chi connectivity index (χ2v) is 2.92. The number of hydrogen-bond donors (Lipinski definition) is 1. The molecule has 0 aliphatic heterocycles. The third-order valence-electron chi connectivity index (χ3n) is 1.59. The Morgan fingerprint density at radius 1 is 1.42 bits per heavy atom. The van der Waals surface area contributed by atoms with Crippen LogP contribution in [0.3, 0.4) is 0 Å². The molecule has 0 atom stereocenters. The van der Waals surface area contributed by atoms with E-state index in [1.165, 1.54) is 0 Å². The minimum atomic E-state index is 0.578. The quantitative estimate of drug-likeness (QED) is 0.730. The average Bonchev–Trinajstić information content (AvgIpc) is 2.07. The molecule has 1 rings (SSSR count). The van der Waals surface area contributed by atoms with Crippen LogP contribution in [0.2, 0.25) is 0 Å². The van der Waals surface area contributed by atoms with Crippen molar-refractivity contribution in [2.75, 3.05) is 17.7 Å². The fourth-order valence-electron chi connectivity index (χ4n) is 0.802. The first kappa shape index (κ1) is 9.26. The van der Waals surface area contributed by atoms with E-state index in [2.05, 4.69) is 15.3 Å². The van der Waals surface area contributed by atoms with E-state index < -0.39 is 0 Å². The Balaban J connectivity index is 2.69. The standard InChI is InChI=1S/C8H12ClN3/c1-6-7(2)12-8(5-11-6)10-4-3-9/h5H,3-4H2,1-2H3,(H,10,12). The van der Waals surface area contributed by atoms with E-state index in [1.807, 2.05) is 13.8 Å². The molecular weight excluding hydrogens is 174 g/mol. The molecule has 0 saturated carbocycles. The summed E-state index contributed by atoms with van der Waals surface area (Å²) in [7, 11) is 0. The van der Waals surface area contributed by atoms with Gasteiger partial charge in [0.2, 0.25) is 0 Å². The second kappa shape index (κ2) is 4.26. The van der Waals surface area contributed by atoms with Crippen molar-refractivity contribution in [1.82, 2.24) is 9.97 Å². The highest BCUT2D eigenvalue weighted by molar-refractivity contribution is 6.18. The Bertz CT molecular complexity index is 262. The average molecular weight is 186 g/mol. The predicted octanol–water partition coefficient (Wildman–Crippen LogP) is 1.74. The Hall–Kier alpha value is -0.830. The monoisotopic (exact) mass is 185 g/mol. The topological polar surface area (TPSA) is 37.8 Å². The van der Waals surface area contributed by atoms with E-state index in [4.69, 9.17) is 11.6 Å². The summed E-state index contributed by atoms with van der Waals surface area (Å²) in [6.07, 6.45) is 1.72. The maximum atomic E-state index is 5.51. The van der Waals surface area contributed by atoms with Crippen LogP contribution in [0.15, 0.2) is 6.20 Å². The molecule has 12 heavy (non-hydrogen) atoms. The molecule has 3 nitrogen and oxygen atoms in total. The Labute approximate surface area is 77.2 Å². The molecule has 1 aromatic heterocycles. The van der Waals surface area contributed by atoms with Gasteiger partial charge in [0.25, 0.3) is 0 Å². The summed E-state index contributed by atoms with van der Waals surface area (Å²) in [6, 6.07) is 0. The Morgan fingerprint density at radius 3 is 2.75 bits per heavy atom. The lowest BCUT2D eigenvalue weighted by molar-refractivity contribution is 1.03. The minimum Gasteiger partial charge on any atom is -0.368 e. The van der Waals surface area contributed by atoms with Gasteiger partial charge in [-0.3, -0.25) is 4.98 Å². The van der Waals surface area contributed by atoms with Crippen LogP contribution in [0.1, 0.15) is 11.4 Å². The lowest BCUT2D eigenvalue weighted by Gasteiger charge is -2.04. The Morgan fingerprint density at radius 2 is 2.17 bits per heavy atom. The zero-order valence-electron chi connectivity index (χ0n) is 7.26. The van der Waals surface area contributed by atoms with Gasteiger partial charge in [0.05, 0.1) is 17.6 Å². The summed E-state index contributed by atoms with van der Waals surface area (Å²) < 4.78 is 0. The fourth-order valence-corrected chi connectivity index (χ4v) is 0.897. The molecule has 0 aliphatic rings. The molecule has 0 radical (unpaired) electrons. The first-order valence-electron chi connectivity index (χ1n) is 3.84. The molecule has 66 valence electrons. The summed E-state index contributed by atoms with van der Waals surface area (Å²) in [5, 5.41) is 3.06. The number of hydrogen-bond acceptors (Lipinski definition) is 3. The van der Waals surface area contributed by atoms with E-state index in [1.54, 1.807) is 6.20 Å². The number of alkyl halides is 1. The molecule has 0 spiro atoms. The number of rotatable bonds is 3. The van der Waals surface area contributed by atoms with Crippen molar-refractivity contribution >= 4 is 17.4 Å². The van der Waals surface area contributed by atoms with E-state index in [0.29, 0.717) is 5.88 Å². The minimum absolute atomic E-state index is 0.578. The summed E-state index contributed by atoms with van der Waals surface area (Å²) in [4.78, 5) is 8.44. The van der Waals surface area contributed by atoms with Crippen molar-refractivity contribution in [2.45, 2.75) is 13.8 Å². The summed E-state index contributed by atoms with van der Waals surface area (Å²) in [5.41, 5.74) is 1.92. The van der Waals surface area contributed by atoms with Crippen molar-refractivity contribution < 1.29 is 0 Å². The number of anilines is 1. The predicted molar refractivity (Wildman–Crippen MR) is 50.7 cm³/mol. The van der Waals surface area contributed by atoms with Crippen molar-refractivity contribution in [1.29, 1.82) is 0 Å². The van der Waals surface area contributed by atoms with Gasteiger partial charge in [-0.2, -0.15) is 0 Å². The zero-order valence-corrected chi connectivity index (χ0v) is 8.02. The molecule has 0 unspecified atom stereocenters. The highest BCUT2D eigenvalue weighted by Gasteiger charge is 1.97. The van der Waals surface area contributed by atoms with Gasteiger partial charge in [0.15, 0.2) is 0 Å². The molecule has 0 aliphatic carbocycles. The number of nitrogens with zero attached hydrogens (tertiary/aromatic N) is 2. The first-order chi connectivity index (χ1) is 5.74. The Kier molecular flexibility index (Phi) is 3.29. The van der Waals surface area contributed by atoms with Crippen molar-refractivity contribution in [2.24, 2.45) is 0 Å². The number of halogens is 1. The van der Waals surface area contributed by atoms with Gasteiger partial charge in [-0.1, -0.05) is 0 Å². The van der Waals surface area contributed by atoms with Gasteiger partial charge in [0.1, 0.15) is 5.82 Å². The summed E-state index contributed by atoms with van der Waals surface area (Å²) in [6.45, 7) is 4.60. The van der Waals surface area contributed by atoms with Gasteiger partial charge in [-0.05, 0) is 13.8 Å². The molecule has 0 amide bonds. The maximum Gasteiger partial charge on any atom is 0.144 e. The van der Waals surface area contributed by atoms with Crippen molar-refractivity contribution in [3.05, 3.63) is 17.6 Å². The molecule has 0 aromatic carbocycles. The lowest BCUT2D eigenvalue weighted by atomic mass is 10.3. The van der Waals surface area contributed by atoms with Crippen molar-refractivity contribution in [3.8, 4) is 0 Å². The van der Waals surface area contributed by atoms with Crippen LogP contribution in [0, 0.1) is 13.8 Å². The summed E-state index contributed by atoms with van der Waals surface area (Å²) >= 11 is 5.51. The highest BCUT2D eigenvalue weighted by atomic mass is 35.5. The number of aromatic nitrogens is 2. The zero-order chi connectivity index (χ0) is 8.97. The fraction of sp³-hybridized carbons (Fsp3) is 0.500. The largest absolute Gasteiger partial charge is 0.368 e. The molecule has 0 bridgehead atoms. The maximum absolute atomic E-state index is 5.51. The molecule has 4 heteroatoms. The molecular formula is C8H12ClN3. The third kappa shape index (κ3) is 2.34. The van der Waals surface area contributed by atoms with E-state index in [9.17, 15) is 0 Å². The van der Waals surface area contributed by atoms with Crippen LogP contribution < -0.4 is 5.32 Å². The van der Waals surface area contributed by atoms with Crippen LogP contribution in [-0.4, -0.2) is 22.4 Å². The van der Waals surface area contributed by atoms with Crippen LogP contribution >= 0.6 is 11.6 Å². The van der Waals surface area contributed by atoms with Gasteiger partial charge in [0, 0.05) is 12.4 Å². The third-order valence-corrected chi connectivity index (χ3v) is 1.78. The van der Waals surface area contributed by atoms with Gasteiger partial charge < -0.3 is 5.32 Å². The van der Waals surface area contributed by atoms with E-state index in [-0.39, 0.29) is 0 Å². The second-order valence-electron chi connectivity index (χ2n) is 2.54. The SMILES string of the molecule is Cc1ncc(NCCCl)nc1C. The highest BCUT2D eigenvalue weighted by Crippen LogP contribution is 2.04. The van der Waals surface area contributed by atoms with Crippen LogP contribution in [0.5, 0.6) is 0 Å².